The van der Waals surface area contributed by atoms with Crippen molar-refractivity contribution >= 4 is 51.7 Å². The third-order valence-corrected chi connectivity index (χ3v) is 5.56. The number of hydrogen-bond acceptors (Lipinski definition) is 6. The Morgan fingerprint density at radius 2 is 1.67 bits per heavy atom. The highest BCUT2D eigenvalue weighted by Crippen LogP contribution is 2.31. The van der Waals surface area contributed by atoms with Crippen molar-refractivity contribution in [1.29, 1.82) is 5.26 Å². The number of nitrogens with zero attached hydrogens (tertiary/aromatic N) is 2. The molecule has 0 saturated heterocycles. The van der Waals surface area contributed by atoms with Crippen molar-refractivity contribution in [1.82, 2.24) is 4.98 Å². The summed E-state index contributed by atoms with van der Waals surface area (Å²) in [4.78, 5) is 17.1. The molecule has 0 aliphatic rings. The number of halogens is 3. The summed E-state index contributed by atoms with van der Waals surface area (Å²) in [6.45, 7) is 1.57. The normalized spacial score (nSPS) is 12.7. The van der Waals surface area contributed by atoms with Gasteiger partial charge in [0.2, 0.25) is 0 Å². The second-order valence-electron chi connectivity index (χ2n) is 7.06. The number of rotatable bonds is 7. The molecule has 0 spiro atoms. The van der Waals surface area contributed by atoms with Crippen LogP contribution in [0.25, 0.3) is 11.1 Å². The van der Waals surface area contributed by atoms with Crippen molar-refractivity contribution in [2.24, 2.45) is 0 Å². The Kier molecular flexibility index (Phi) is 6.75. The van der Waals surface area contributed by atoms with Gasteiger partial charge in [-0.05, 0) is 61.0 Å². The maximum absolute atomic E-state index is 12.8. The SMILES string of the molecule is CC(Oc1ccc(Oc2nc3ccc(Cl)cc3o2)cc1)C(=O)C(C#N)c1ccc(Cl)cc1Cl. The van der Waals surface area contributed by atoms with Crippen LogP contribution in [-0.4, -0.2) is 16.9 Å². The molecule has 1 heterocycles. The minimum absolute atomic E-state index is 0.0705. The first-order valence-corrected chi connectivity index (χ1v) is 10.9. The van der Waals surface area contributed by atoms with E-state index < -0.39 is 17.8 Å². The van der Waals surface area contributed by atoms with Crippen molar-refractivity contribution in [3.05, 3.63) is 81.3 Å². The minimum Gasteiger partial charge on any atom is -0.483 e. The summed E-state index contributed by atoms with van der Waals surface area (Å²) in [5.74, 6) is -0.625. The molecule has 9 heteroatoms. The Hall–Kier alpha value is -3.24. The minimum atomic E-state index is -1.08. The predicted molar refractivity (Wildman–Crippen MR) is 125 cm³/mol. The Morgan fingerprint density at radius 1 is 1.00 bits per heavy atom. The predicted octanol–water partition coefficient (Wildman–Crippen LogP) is 7.22. The van der Waals surface area contributed by atoms with E-state index in [0.717, 1.165) is 0 Å². The molecule has 166 valence electrons. The van der Waals surface area contributed by atoms with Gasteiger partial charge in [-0.1, -0.05) is 40.9 Å². The summed E-state index contributed by atoms with van der Waals surface area (Å²) in [5, 5.41) is 10.7. The molecule has 0 bridgehead atoms. The van der Waals surface area contributed by atoms with Crippen LogP contribution in [-0.2, 0) is 4.79 Å². The Balaban J connectivity index is 1.43. The second kappa shape index (κ2) is 9.72. The van der Waals surface area contributed by atoms with E-state index in [1.165, 1.54) is 6.07 Å². The molecule has 0 aliphatic carbocycles. The van der Waals surface area contributed by atoms with Crippen LogP contribution < -0.4 is 9.47 Å². The number of hydrogen-bond donors (Lipinski definition) is 0. The van der Waals surface area contributed by atoms with Crippen molar-refractivity contribution in [2.75, 3.05) is 0 Å². The van der Waals surface area contributed by atoms with Crippen LogP contribution in [0.2, 0.25) is 15.1 Å². The average Bonchev–Trinajstić information content (AvgIpc) is 3.18. The lowest BCUT2D eigenvalue weighted by Crippen LogP contribution is -2.29. The van der Waals surface area contributed by atoms with Gasteiger partial charge in [0, 0.05) is 21.1 Å². The number of carbonyl (C=O) groups excluding carboxylic acids is 1. The lowest BCUT2D eigenvalue weighted by Gasteiger charge is -2.18. The molecule has 0 aliphatic heterocycles. The van der Waals surface area contributed by atoms with Crippen molar-refractivity contribution in [3.63, 3.8) is 0 Å². The number of fused-ring (bicyclic) bond motifs is 1. The van der Waals surface area contributed by atoms with Crippen LogP contribution in [0, 0.1) is 11.3 Å². The molecule has 4 rings (SSSR count). The summed E-state index contributed by atoms with van der Waals surface area (Å²) < 4.78 is 16.9. The Morgan fingerprint density at radius 3 is 2.36 bits per heavy atom. The fourth-order valence-electron chi connectivity index (χ4n) is 3.13. The lowest BCUT2D eigenvalue weighted by atomic mass is 9.93. The molecule has 0 N–H and O–H groups in total. The van der Waals surface area contributed by atoms with Gasteiger partial charge < -0.3 is 13.9 Å². The fourth-order valence-corrected chi connectivity index (χ4v) is 3.81. The van der Waals surface area contributed by atoms with Gasteiger partial charge in [0.15, 0.2) is 17.5 Å². The van der Waals surface area contributed by atoms with Crippen LogP contribution in [0.3, 0.4) is 0 Å². The molecule has 2 unspecified atom stereocenters. The fraction of sp³-hybridized carbons (Fsp3) is 0.125. The molecule has 0 saturated carbocycles. The topological polar surface area (TPSA) is 85.3 Å². The highest BCUT2D eigenvalue weighted by atomic mass is 35.5. The van der Waals surface area contributed by atoms with Crippen LogP contribution in [0.5, 0.6) is 17.6 Å². The zero-order chi connectivity index (χ0) is 23.5. The molecule has 4 aromatic rings. The van der Waals surface area contributed by atoms with E-state index in [9.17, 15) is 10.1 Å². The van der Waals surface area contributed by atoms with Crippen LogP contribution in [0.15, 0.2) is 65.1 Å². The van der Waals surface area contributed by atoms with Gasteiger partial charge in [0.1, 0.15) is 22.9 Å². The maximum atomic E-state index is 12.8. The third kappa shape index (κ3) is 5.23. The van der Waals surface area contributed by atoms with E-state index in [1.54, 1.807) is 61.5 Å². The van der Waals surface area contributed by atoms with Crippen molar-refractivity contribution < 1.29 is 18.7 Å². The number of oxazole rings is 1. The highest BCUT2D eigenvalue weighted by Gasteiger charge is 2.28. The van der Waals surface area contributed by atoms with Crippen molar-refractivity contribution in [3.8, 4) is 23.6 Å². The zero-order valence-corrected chi connectivity index (χ0v) is 19.4. The number of carbonyl (C=O) groups is 1. The summed E-state index contributed by atoms with van der Waals surface area (Å²) in [6.07, 6.45) is -0.823. The first-order valence-electron chi connectivity index (χ1n) is 9.73. The van der Waals surface area contributed by atoms with E-state index in [-0.39, 0.29) is 11.1 Å². The molecule has 2 atom stereocenters. The zero-order valence-electron chi connectivity index (χ0n) is 17.1. The first-order chi connectivity index (χ1) is 15.8. The smallest absolute Gasteiger partial charge is 0.400 e. The third-order valence-electron chi connectivity index (χ3n) is 4.76. The number of ether oxygens (including phenoxy) is 2. The van der Waals surface area contributed by atoms with Gasteiger partial charge >= 0.3 is 6.08 Å². The standard InChI is InChI=1S/C24H15Cl3N2O4/c1-13(23(30)19(12-28)18-8-2-14(25)10-20(18)27)31-16-4-6-17(7-5-16)32-24-29-21-9-3-15(26)11-22(21)33-24/h2-11,13,19H,1H3. The second-order valence-corrected chi connectivity index (χ2v) is 8.34. The number of ketones is 1. The molecule has 0 amide bonds. The van der Waals surface area contributed by atoms with Gasteiger partial charge in [-0.15, -0.1) is 0 Å². The van der Waals surface area contributed by atoms with Crippen molar-refractivity contribution in [2.45, 2.75) is 18.9 Å². The van der Waals surface area contributed by atoms with Crippen LogP contribution in [0.4, 0.5) is 0 Å². The number of nitriles is 1. The monoisotopic (exact) mass is 500 g/mol. The quantitative estimate of drug-likeness (QED) is 0.266. The summed E-state index contributed by atoms with van der Waals surface area (Å²) in [5.41, 5.74) is 1.51. The summed E-state index contributed by atoms with van der Waals surface area (Å²) >= 11 is 18.0. The summed E-state index contributed by atoms with van der Waals surface area (Å²) in [6, 6.07) is 18.3. The molecule has 3 aromatic carbocycles. The first kappa shape index (κ1) is 22.9. The number of Topliss-reactive ketones (excluding diaryl/α,β-unsaturated/α-hetero) is 1. The maximum Gasteiger partial charge on any atom is 0.400 e. The average molecular weight is 502 g/mol. The molecule has 0 radical (unpaired) electrons. The van der Waals surface area contributed by atoms with E-state index in [4.69, 9.17) is 48.7 Å². The lowest BCUT2D eigenvalue weighted by molar-refractivity contribution is -0.125. The van der Waals surface area contributed by atoms with Crippen LogP contribution >= 0.6 is 34.8 Å². The number of aromatic nitrogens is 1. The molecular weight excluding hydrogens is 487 g/mol. The van der Waals surface area contributed by atoms with Gasteiger partial charge in [0.25, 0.3) is 0 Å². The van der Waals surface area contributed by atoms with E-state index in [1.807, 2.05) is 6.07 Å². The van der Waals surface area contributed by atoms with Gasteiger partial charge in [-0.2, -0.15) is 10.2 Å². The van der Waals surface area contributed by atoms with Crippen LogP contribution in [0.1, 0.15) is 18.4 Å². The Labute approximate surface area is 204 Å². The molecule has 6 nitrogen and oxygen atoms in total. The largest absolute Gasteiger partial charge is 0.483 e. The van der Waals surface area contributed by atoms with E-state index in [2.05, 4.69) is 4.98 Å². The molecule has 1 aromatic heterocycles. The molecule has 0 fully saturated rings. The van der Waals surface area contributed by atoms with Gasteiger partial charge in [-0.25, -0.2) is 0 Å². The van der Waals surface area contributed by atoms with Gasteiger partial charge in [-0.3, -0.25) is 4.79 Å². The summed E-state index contributed by atoms with van der Waals surface area (Å²) in [7, 11) is 0. The van der Waals surface area contributed by atoms with E-state index >= 15 is 0 Å². The number of benzene rings is 3. The van der Waals surface area contributed by atoms with Gasteiger partial charge in [0.05, 0.1) is 6.07 Å². The highest BCUT2D eigenvalue weighted by molar-refractivity contribution is 6.35. The molecular formula is C24H15Cl3N2O4. The Bertz CT molecular complexity index is 1360. The van der Waals surface area contributed by atoms with E-state index in [0.29, 0.717) is 38.2 Å². The molecule has 33 heavy (non-hydrogen) atoms.